The fraction of sp³-hybridized carbons (Fsp3) is 0.455. The van der Waals surface area contributed by atoms with E-state index >= 15 is 17.6 Å². The van der Waals surface area contributed by atoms with Gasteiger partial charge in [0.1, 0.15) is 0 Å². The van der Waals surface area contributed by atoms with Gasteiger partial charge in [0.15, 0.2) is 0 Å². The molecule has 2 aromatic carbocycles. The van der Waals surface area contributed by atoms with Gasteiger partial charge in [-0.05, 0) is 0 Å². The Morgan fingerprint density at radius 3 is 1.27 bits per heavy atom. The van der Waals surface area contributed by atoms with Gasteiger partial charge in [-0.15, -0.1) is 0 Å². The Morgan fingerprint density at radius 2 is 0.925 bits per heavy atom. The Bertz CT molecular complexity index is 1500. The summed E-state index contributed by atoms with van der Waals surface area (Å²) in [6, 6.07) is -1.56. The summed E-state index contributed by atoms with van der Waals surface area (Å²) in [6.07, 6.45) is 0. The quantitative estimate of drug-likeness (QED) is 0.110. The number of halogens is 12. The van der Waals surface area contributed by atoms with Gasteiger partial charge in [0, 0.05) is 0 Å². The zero-order chi connectivity index (χ0) is 31.4. The average molecular weight is 634 g/mol. The average Bonchev–Trinajstić information content (AvgIpc) is 3.11. The molecule has 3 rings (SSSR count). The minimum atomic E-state index is -6.85. The maximum atomic E-state index is 15.8. The summed E-state index contributed by atoms with van der Waals surface area (Å²) in [5.41, 5.74) is -9.82. The van der Waals surface area contributed by atoms with E-state index in [4.69, 9.17) is 3.97 Å². The van der Waals surface area contributed by atoms with Crippen molar-refractivity contribution in [2.45, 2.75) is 57.4 Å². The fourth-order valence-electron chi connectivity index (χ4n) is 5.89. The van der Waals surface area contributed by atoms with Crippen LogP contribution < -0.4 is 16.2 Å². The van der Waals surface area contributed by atoms with Crippen LogP contribution in [-0.2, 0) is 14.1 Å². The van der Waals surface area contributed by atoms with Crippen molar-refractivity contribution in [3.8, 4) is 0 Å². The molecule has 0 saturated heterocycles. The van der Waals surface area contributed by atoms with Crippen LogP contribution in [0.25, 0.3) is 0 Å². The topological polar surface area (TPSA) is 43.4 Å². The van der Waals surface area contributed by atoms with E-state index in [2.05, 4.69) is 0 Å². The first-order valence-corrected chi connectivity index (χ1v) is 14.9. The third-order valence-electron chi connectivity index (χ3n) is 7.61. The van der Waals surface area contributed by atoms with Crippen LogP contribution in [-0.4, -0.2) is 37.0 Å². The number of hydrogen-bond acceptors (Lipinski definition) is 3. The molecule has 0 atom stereocenters. The molecule has 0 fully saturated rings. The molecule has 0 aromatic heterocycles. The van der Waals surface area contributed by atoms with Crippen LogP contribution in [0.3, 0.4) is 0 Å². The second-order valence-corrected chi connectivity index (χ2v) is 19.2. The van der Waals surface area contributed by atoms with Gasteiger partial charge in [-0.3, -0.25) is 0 Å². The van der Waals surface area contributed by atoms with Gasteiger partial charge < -0.3 is 0 Å². The molecule has 0 saturated carbocycles. The number of alkyl halides is 3. The van der Waals surface area contributed by atoms with Crippen LogP contribution in [0.2, 0.25) is 0 Å². The van der Waals surface area contributed by atoms with E-state index in [1.165, 1.54) is 0 Å². The van der Waals surface area contributed by atoms with Gasteiger partial charge in [-0.25, -0.2) is 0 Å². The van der Waals surface area contributed by atoms with Gasteiger partial charge in [0.2, 0.25) is 0 Å². The Morgan fingerprint density at radius 1 is 0.600 bits per heavy atom. The molecule has 2 aromatic rings. The second-order valence-electron chi connectivity index (χ2n) is 11.3. The molecule has 0 spiro atoms. The van der Waals surface area contributed by atoms with Crippen LogP contribution in [0.5, 0.6) is 0 Å². The number of rotatable bonds is 3. The van der Waals surface area contributed by atoms with Gasteiger partial charge in [-0.1, -0.05) is 0 Å². The van der Waals surface area contributed by atoms with Crippen LogP contribution in [0.15, 0.2) is 0 Å². The molecule has 1 aliphatic heterocycles. The molecule has 1 heterocycles. The van der Waals surface area contributed by atoms with E-state index in [-0.39, 0.29) is 0 Å². The predicted octanol–water partition coefficient (Wildman–Crippen LogP) is 5.66. The van der Waals surface area contributed by atoms with Crippen molar-refractivity contribution >= 4 is 39.9 Å². The molecule has 18 heteroatoms. The molecule has 0 aliphatic carbocycles. The third-order valence-corrected chi connectivity index (χ3v) is 18.4. The van der Waals surface area contributed by atoms with Crippen LogP contribution in [0.4, 0.5) is 52.7 Å². The molecular formula is C22H20BF12O3PS. The van der Waals surface area contributed by atoms with Crippen molar-refractivity contribution in [3.05, 3.63) is 52.4 Å². The summed E-state index contributed by atoms with van der Waals surface area (Å²) in [6.45, 7) is -3.13. The van der Waals surface area contributed by atoms with Crippen molar-refractivity contribution in [2.24, 2.45) is 0 Å². The molecule has 0 N–H and O–H groups in total. The first-order valence-electron chi connectivity index (χ1n) is 11.1. The van der Waals surface area contributed by atoms with Crippen LogP contribution >= 0.6 is 6.83 Å². The molecule has 1 aliphatic rings. The van der Waals surface area contributed by atoms with Crippen LogP contribution in [0.1, 0.15) is 41.5 Å². The minimum absolute atomic E-state index is 0.977. The summed E-state index contributed by atoms with van der Waals surface area (Å²) in [4.78, 5) is 0. The maximum absolute atomic E-state index is 15.8. The predicted molar refractivity (Wildman–Crippen MR) is 125 cm³/mol. The molecule has 224 valence electrons. The van der Waals surface area contributed by atoms with Gasteiger partial charge in [0.05, 0.1) is 0 Å². The van der Waals surface area contributed by atoms with E-state index in [9.17, 15) is 43.5 Å². The zero-order valence-corrected chi connectivity index (χ0v) is 23.1. The number of fused-ring (bicyclic) bond motifs is 1. The van der Waals surface area contributed by atoms with Crippen molar-refractivity contribution in [1.29, 1.82) is 0 Å². The van der Waals surface area contributed by atoms with Gasteiger partial charge >= 0.3 is 221 Å². The molecule has 0 radical (unpaired) electrons. The first kappa shape index (κ1) is 32.5. The van der Waals surface area contributed by atoms with Crippen molar-refractivity contribution in [2.75, 3.05) is 6.06 Å². The normalized spacial score (nSPS) is 18.4. The van der Waals surface area contributed by atoms with Crippen molar-refractivity contribution in [3.63, 3.8) is 0 Å². The van der Waals surface area contributed by atoms with E-state index < -0.39 is 114 Å². The van der Waals surface area contributed by atoms with Crippen molar-refractivity contribution < 1.29 is 65.1 Å². The summed E-state index contributed by atoms with van der Waals surface area (Å²) < 4.78 is 204. The number of hydrogen-bond donors (Lipinski definition) is 0. The number of benzene rings is 2. The van der Waals surface area contributed by atoms with E-state index in [1.54, 1.807) is 0 Å². The van der Waals surface area contributed by atoms with Crippen molar-refractivity contribution in [1.82, 2.24) is 0 Å². The van der Waals surface area contributed by atoms with Gasteiger partial charge in [0.25, 0.3) is 0 Å². The first-order chi connectivity index (χ1) is 17.7. The Hall–Kier alpha value is -2.00. The molecule has 3 nitrogen and oxygen atoms in total. The summed E-state index contributed by atoms with van der Waals surface area (Å²) in [7, 11) is -6.85. The van der Waals surface area contributed by atoms with Crippen LogP contribution in [0, 0.1) is 52.4 Å². The van der Waals surface area contributed by atoms with E-state index in [0.29, 0.717) is 0 Å². The molecular weight excluding hydrogens is 614 g/mol. The third kappa shape index (κ3) is 3.78. The van der Waals surface area contributed by atoms with E-state index in [1.807, 2.05) is 0 Å². The molecule has 0 unspecified atom stereocenters. The second kappa shape index (κ2) is 9.00. The Kier molecular flexibility index (Phi) is 7.32. The fourth-order valence-corrected chi connectivity index (χ4v) is 17.3. The molecule has 0 amide bonds. The molecule has 40 heavy (non-hydrogen) atoms. The Balaban J connectivity index is 2.79. The SMILES string of the molecule is CC(C)(C)P1(OS(=O)(=O)C(F)(F)F)(C(C)(C)C)CB(c2c(F)c(F)c(F)c(F)c2F)c2c(F)c(F)c(F)c(F)c21. The summed E-state index contributed by atoms with van der Waals surface area (Å²) >= 11 is 0. The summed E-state index contributed by atoms with van der Waals surface area (Å²) in [5, 5.41) is -5.90. The molecule has 0 bridgehead atoms. The Labute approximate surface area is 221 Å². The monoisotopic (exact) mass is 634 g/mol. The summed E-state index contributed by atoms with van der Waals surface area (Å²) in [5.74, 6) is -23.3. The zero-order valence-electron chi connectivity index (χ0n) is 21.4. The standard InChI is InChI=1S/C22H20BF12O3PS/c1-20(2,3)39(21(4,5)6,38-40(36,37)22(33,34)35)7-23(8-10(24)13(27)16(30)14(28)11(8)25)9-12(26)15(29)17(31)18(32)19(9)39/h7H2,1-6H3. The van der Waals surface area contributed by atoms with Gasteiger partial charge in [-0.2, -0.15) is 0 Å². The van der Waals surface area contributed by atoms with E-state index in [0.717, 1.165) is 41.5 Å².